The first-order valence-corrected chi connectivity index (χ1v) is 4.13. The predicted octanol–water partition coefficient (Wildman–Crippen LogP) is 2.61. The van der Waals surface area contributed by atoms with E-state index < -0.39 is 0 Å². The van der Waals surface area contributed by atoms with Gasteiger partial charge in [0.2, 0.25) is 0 Å². The van der Waals surface area contributed by atoms with Crippen molar-refractivity contribution in [1.82, 2.24) is 0 Å². The minimum Gasteiger partial charge on any atom is -0.433 e. The number of allylic oxidation sites excluding steroid dienone is 2. The van der Waals surface area contributed by atoms with Crippen LogP contribution in [0.25, 0.3) is 0 Å². The zero-order valence-corrected chi connectivity index (χ0v) is 7.29. The van der Waals surface area contributed by atoms with Crippen molar-refractivity contribution in [2.24, 2.45) is 0 Å². The zero-order chi connectivity index (χ0) is 9.23. The number of carbonyl (C=O) groups excluding carboxylic acids is 1. The van der Waals surface area contributed by atoms with E-state index in [1.54, 1.807) is 0 Å². The summed E-state index contributed by atoms with van der Waals surface area (Å²) in [7, 11) is 0. The number of unbranched alkanes of at least 4 members (excludes halogenated alkanes) is 3. The third-order valence-electron chi connectivity index (χ3n) is 1.53. The lowest BCUT2D eigenvalue weighted by atomic mass is 10.1. The van der Waals surface area contributed by atoms with E-state index in [1.165, 1.54) is 0 Å². The Bertz CT molecular complexity index is 150. The van der Waals surface area contributed by atoms with Crippen molar-refractivity contribution >= 4 is 6.47 Å². The molecule has 0 heterocycles. The molecule has 0 rings (SSSR count). The highest BCUT2D eigenvalue weighted by molar-refractivity contribution is 5.39. The molecule has 0 aliphatic carbocycles. The molecule has 2 nitrogen and oxygen atoms in total. The van der Waals surface area contributed by atoms with Crippen molar-refractivity contribution in [2.75, 3.05) is 0 Å². The summed E-state index contributed by atoms with van der Waals surface area (Å²) in [6.45, 7) is 9.32. The molecule has 0 aromatic rings. The van der Waals surface area contributed by atoms with E-state index in [0.29, 0.717) is 18.7 Å². The quantitative estimate of drug-likeness (QED) is 0.240. The summed E-state index contributed by atoms with van der Waals surface area (Å²) in [4.78, 5) is 9.81. The van der Waals surface area contributed by atoms with Gasteiger partial charge in [0, 0.05) is 6.42 Å². The summed E-state index contributed by atoms with van der Waals surface area (Å²) >= 11 is 0. The number of carbonyl (C=O) groups is 1. The molecule has 0 aromatic carbocycles. The van der Waals surface area contributed by atoms with Gasteiger partial charge in [0.1, 0.15) is 5.76 Å². The molecule has 0 unspecified atom stereocenters. The van der Waals surface area contributed by atoms with Gasteiger partial charge in [-0.05, 0) is 25.8 Å². The SMILES string of the molecule is [CH]=C(CCCCCC=C)OC=O. The van der Waals surface area contributed by atoms with Crippen LogP contribution in [0.2, 0.25) is 0 Å². The molecule has 0 N–H and O–H groups in total. The summed E-state index contributed by atoms with van der Waals surface area (Å²) in [5, 5.41) is 0. The highest BCUT2D eigenvalue weighted by Gasteiger charge is 1.94. The molecular formula is C10H15O2. The standard InChI is InChI=1S/C10H15O2/c1-3-4-5-6-7-8-10(2)12-9-11/h2-3,9H,1,4-8H2. The van der Waals surface area contributed by atoms with Crippen molar-refractivity contribution in [3.63, 3.8) is 0 Å². The molecule has 0 saturated carbocycles. The summed E-state index contributed by atoms with van der Waals surface area (Å²) < 4.78 is 4.44. The maximum Gasteiger partial charge on any atom is 0.298 e. The van der Waals surface area contributed by atoms with Crippen LogP contribution in [0.1, 0.15) is 32.1 Å². The first-order chi connectivity index (χ1) is 5.81. The van der Waals surface area contributed by atoms with Crippen molar-refractivity contribution < 1.29 is 9.53 Å². The highest BCUT2D eigenvalue weighted by atomic mass is 16.5. The van der Waals surface area contributed by atoms with Gasteiger partial charge < -0.3 is 4.74 Å². The van der Waals surface area contributed by atoms with E-state index in [0.717, 1.165) is 25.7 Å². The fourth-order valence-corrected chi connectivity index (χ4v) is 0.885. The fraction of sp³-hybridized carbons (Fsp3) is 0.500. The van der Waals surface area contributed by atoms with E-state index in [4.69, 9.17) is 6.58 Å². The van der Waals surface area contributed by atoms with Crippen LogP contribution in [-0.2, 0) is 9.53 Å². The van der Waals surface area contributed by atoms with Gasteiger partial charge in [-0.15, -0.1) is 6.58 Å². The third-order valence-corrected chi connectivity index (χ3v) is 1.53. The number of rotatable bonds is 8. The molecule has 0 atom stereocenters. The van der Waals surface area contributed by atoms with Crippen LogP contribution in [-0.4, -0.2) is 6.47 Å². The van der Waals surface area contributed by atoms with Crippen LogP contribution in [0.15, 0.2) is 18.4 Å². The summed E-state index contributed by atoms with van der Waals surface area (Å²) in [6, 6.07) is 0. The first kappa shape index (κ1) is 11.0. The van der Waals surface area contributed by atoms with Gasteiger partial charge in [0.05, 0.1) is 0 Å². The Kier molecular flexibility index (Phi) is 7.35. The smallest absolute Gasteiger partial charge is 0.298 e. The monoisotopic (exact) mass is 167 g/mol. The van der Waals surface area contributed by atoms with E-state index in [2.05, 4.69) is 11.3 Å². The molecule has 0 saturated heterocycles. The maximum atomic E-state index is 9.81. The molecule has 1 radical (unpaired) electrons. The summed E-state index contributed by atoms with van der Waals surface area (Å²) in [6.07, 6.45) is 6.78. The second-order valence-electron chi connectivity index (χ2n) is 2.57. The Morgan fingerprint density at radius 1 is 1.42 bits per heavy atom. The number of hydrogen-bond acceptors (Lipinski definition) is 2. The lowest BCUT2D eigenvalue weighted by Gasteiger charge is -2.00. The van der Waals surface area contributed by atoms with Crippen LogP contribution in [0.3, 0.4) is 0 Å². The Morgan fingerprint density at radius 3 is 2.75 bits per heavy atom. The van der Waals surface area contributed by atoms with Crippen LogP contribution in [0, 0.1) is 6.58 Å². The fourth-order valence-electron chi connectivity index (χ4n) is 0.885. The van der Waals surface area contributed by atoms with Crippen LogP contribution in [0.5, 0.6) is 0 Å². The van der Waals surface area contributed by atoms with E-state index in [1.807, 2.05) is 6.08 Å². The van der Waals surface area contributed by atoms with E-state index >= 15 is 0 Å². The zero-order valence-electron chi connectivity index (χ0n) is 7.29. The van der Waals surface area contributed by atoms with Crippen molar-refractivity contribution in [3.8, 4) is 0 Å². The van der Waals surface area contributed by atoms with Gasteiger partial charge in [0.15, 0.2) is 0 Å². The number of hydrogen-bond donors (Lipinski definition) is 0. The van der Waals surface area contributed by atoms with E-state index in [-0.39, 0.29) is 0 Å². The van der Waals surface area contributed by atoms with Crippen molar-refractivity contribution in [3.05, 3.63) is 25.0 Å². The van der Waals surface area contributed by atoms with Crippen molar-refractivity contribution in [1.29, 1.82) is 0 Å². The van der Waals surface area contributed by atoms with Gasteiger partial charge in [-0.25, -0.2) is 0 Å². The molecule has 0 spiro atoms. The second-order valence-corrected chi connectivity index (χ2v) is 2.57. The molecule has 0 aliphatic heterocycles. The number of ether oxygens (including phenoxy) is 1. The van der Waals surface area contributed by atoms with Crippen LogP contribution in [0.4, 0.5) is 0 Å². The average molecular weight is 167 g/mol. The van der Waals surface area contributed by atoms with Gasteiger partial charge in [-0.1, -0.05) is 12.5 Å². The lowest BCUT2D eigenvalue weighted by molar-refractivity contribution is -0.125. The third kappa shape index (κ3) is 7.06. The minimum atomic E-state index is 0.309. The van der Waals surface area contributed by atoms with Gasteiger partial charge in [-0.2, -0.15) is 0 Å². The second kappa shape index (κ2) is 8.05. The summed E-state index contributed by atoms with van der Waals surface area (Å²) in [5.41, 5.74) is 0. The molecule has 0 fully saturated rings. The summed E-state index contributed by atoms with van der Waals surface area (Å²) in [5.74, 6) is 0.309. The molecule has 0 aliphatic rings. The topological polar surface area (TPSA) is 26.3 Å². The minimum absolute atomic E-state index is 0.309. The molecule has 0 amide bonds. The van der Waals surface area contributed by atoms with Crippen LogP contribution >= 0.6 is 0 Å². The Labute approximate surface area is 73.9 Å². The lowest BCUT2D eigenvalue weighted by Crippen LogP contribution is -1.88. The average Bonchev–Trinajstić information content (AvgIpc) is 2.05. The largest absolute Gasteiger partial charge is 0.433 e. The van der Waals surface area contributed by atoms with Gasteiger partial charge in [-0.3, -0.25) is 4.79 Å². The highest BCUT2D eigenvalue weighted by Crippen LogP contribution is 2.08. The normalized spacial score (nSPS) is 9.00. The maximum absolute atomic E-state index is 9.81. The molecule has 2 heteroatoms. The Hall–Kier alpha value is -1.05. The van der Waals surface area contributed by atoms with Gasteiger partial charge >= 0.3 is 0 Å². The van der Waals surface area contributed by atoms with Crippen molar-refractivity contribution in [2.45, 2.75) is 32.1 Å². The van der Waals surface area contributed by atoms with Gasteiger partial charge in [0.25, 0.3) is 6.47 Å². The first-order valence-electron chi connectivity index (χ1n) is 4.13. The predicted molar refractivity (Wildman–Crippen MR) is 48.2 cm³/mol. The molecule has 67 valence electrons. The molecule has 0 bridgehead atoms. The van der Waals surface area contributed by atoms with Crippen LogP contribution < -0.4 is 0 Å². The Morgan fingerprint density at radius 2 is 2.17 bits per heavy atom. The molecule has 12 heavy (non-hydrogen) atoms. The molecule has 0 aromatic heterocycles. The van der Waals surface area contributed by atoms with E-state index in [9.17, 15) is 4.79 Å². The molecular weight excluding hydrogens is 152 g/mol. The Balaban J connectivity index is 3.13.